The number of carbonyl (C=O) groups is 3. The minimum absolute atomic E-state index is 0.204. The molecule has 3 heterocycles. The van der Waals surface area contributed by atoms with E-state index in [1.807, 2.05) is 39.1 Å². The summed E-state index contributed by atoms with van der Waals surface area (Å²) in [6.07, 6.45) is 2.44. The Hall–Kier alpha value is -3.07. The molecule has 0 bridgehead atoms. The molecule has 29 heavy (non-hydrogen) atoms. The molecule has 2 N–H and O–H groups in total. The van der Waals surface area contributed by atoms with E-state index in [4.69, 9.17) is 0 Å². The standard InChI is InChI=1S/C20H24N6O3/c1-4-21-20(2,3)16-11-26(24-23-16)13-6-5-12-10-25(19(29)14(12)9-13)15-7-8-17(27)22-18(15)28/h5-6,9,11,15,21H,4,7-8,10H2,1-3H3,(H,22,27,28). The second-order valence-electron chi connectivity index (χ2n) is 7.95. The molecule has 0 saturated carbocycles. The van der Waals surface area contributed by atoms with Crippen LogP contribution in [0, 0.1) is 0 Å². The molecule has 1 fully saturated rings. The van der Waals surface area contributed by atoms with Gasteiger partial charge in [0.05, 0.1) is 17.4 Å². The second-order valence-corrected chi connectivity index (χ2v) is 7.95. The largest absolute Gasteiger partial charge is 0.322 e. The number of fused-ring (bicyclic) bond motifs is 1. The van der Waals surface area contributed by atoms with Crippen LogP contribution in [-0.2, 0) is 21.7 Å². The molecular weight excluding hydrogens is 372 g/mol. The van der Waals surface area contributed by atoms with Crippen LogP contribution in [0.15, 0.2) is 24.4 Å². The lowest BCUT2D eigenvalue weighted by Crippen LogP contribution is -2.52. The van der Waals surface area contributed by atoms with Crippen molar-refractivity contribution >= 4 is 17.7 Å². The molecule has 9 heteroatoms. The first kappa shape index (κ1) is 19.3. The zero-order valence-electron chi connectivity index (χ0n) is 16.7. The van der Waals surface area contributed by atoms with Crippen molar-refractivity contribution in [1.82, 2.24) is 30.5 Å². The van der Waals surface area contributed by atoms with Crippen LogP contribution in [0.4, 0.5) is 0 Å². The molecule has 0 aliphatic carbocycles. The van der Waals surface area contributed by atoms with Crippen molar-refractivity contribution in [1.29, 1.82) is 0 Å². The fourth-order valence-electron chi connectivity index (χ4n) is 3.89. The van der Waals surface area contributed by atoms with Crippen LogP contribution in [0.25, 0.3) is 5.69 Å². The summed E-state index contributed by atoms with van der Waals surface area (Å²) in [5.74, 6) is -0.904. The molecule has 2 aliphatic rings. The molecule has 1 aromatic heterocycles. The highest BCUT2D eigenvalue weighted by molar-refractivity contribution is 6.05. The van der Waals surface area contributed by atoms with Crippen LogP contribution >= 0.6 is 0 Å². The number of rotatable bonds is 5. The smallest absolute Gasteiger partial charge is 0.255 e. The third-order valence-electron chi connectivity index (χ3n) is 5.53. The van der Waals surface area contributed by atoms with E-state index in [0.717, 1.165) is 23.5 Å². The average molecular weight is 396 g/mol. The van der Waals surface area contributed by atoms with Crippen molar-refractivity contribution < 1.29 is 14.4 Å². The van der Waals surface area contributed by atoms with Gasteiger partial charge in [-0.25, -0.2) is 4.68 Å². The van der Waals surface area contributed by atoms with Crippen LogP contribution < -0.4 is 10.6 Å². The number of hydrogen-bond acceptors (Lipinski definition) is 6. The van der Waals surface area contributed by atoms with Gasteiger partial charge >= 0.3 is 0 Å². The third kappa shape index (κ3) is 3.42. The molecule has 0 radical (unpaired) electrons. The lowest BCUT2D eigenvalue weighted by molar-refractivity contribution is -0.136. The Morgan fingerprint density at radius 1 is 1.28 bits per heavy atom. The second kappa shape index (κ2) is 7.07. The molecule has 152 valence electrons. The van der Waals surface area contributed by atoms with Crippen LogP contribution in [0.5, 0.6) is 0 Å². The predicted octanol–water partition coefficient (Wildman–Crippen LogP) is 0.873. The van der Waals surface area contributed by atoms with Crippen molar-refractivity contribution in [3.8, 4) is 5.69 Å². The monoisotopic (exact) mass is 396 g/mol. The lowest BCUT2D eigenvalue weighted by atomic mass is 10.0. The number of hydrogen-bond donors (Lipinski definition) is 2. The van der Waals surface area contributed by atoms with Crippen LogP contribution in [0.3, 0.4) is 0 Å². The van der Waals surface area contributed by atoms with Crippen molar-refractivity contribution in [2.75, 3.05) is 6.54 Å². The summed E-state index contributed by atoms with van der Waals surface area (Å²) in [6.45, 7) is 7.27. The third-order valence-corrected chi connectivity index (χ3v) is 5.53. The Morgan fingerprint density at radius 2 is 2.07 bits per heavy atom. The van der Waals surface area contributed by atoms with E-state index in [1.165, 1.54) is 4.90 Å². The summed E-state index contributed by atoms with van der Waals surface area (Å²) in [6, 6.07) is 4.93. The minimum Gasteiger partial charge on any atom is -0.322 e. The quantitative estimate of drug-likeness (QED) is 0.726. The maximum atomic E-state index is 13.0. The van der Waals surface area contributed by atoms with Gasteiger partial charge in [-0.1, -0.05) is 18.2 Å². The van der Waals surface area contributed by atoms with E-state index in [-0.39, 0.29) is 23.8 Å². The topological polar surface area (TPSA) is 109 Å². The molecule has 1 aromatic carbocycles. The van der Waals surface area contributed by atoms with Crippen LogP contribution in [0.2, 0.25) is 0 Å². The van der Waals surface area contributed by atoms with Gasteiger partial charge < -0.3 is 10.2 Å². The number of nitrogens with one attached hydrogen (secondary N) is 2. The molecule has 1 saturated heterocycles. The first-order chi connectivity index (χ1) is 13.8. The Balaban J connectivity index is 1.58. The van der Waals surface area contributed by atoms with E-state index in [0.29, 0.717) is 18.5 Å². The molecule has 4 rings (SSSR count). The van der Waals surface area contributed by atoms with Gasteiger partial charge in [0.15, 0.2) is 0 Å². The first-order valence-electron chi connectivity index (χ1n) is 9.76. The molecular formula is C20H24N6O3. The highest BCUT2D eigenvalue weighted by Gasteiger charge is 2.39. The Labute approximate surface area is 168 Å². The maximum Gasteiger partial charge on any atom is 0.255 e. The fraction of sp³-hybridized carbons (Fsp3) is 0.450. The SMILES string of the molecule is CCNC(C)(C)c1cn(-c2ccc3c(c2)C(=O)N(C2CCC(=O)NC2=O)C3)nn1. The number of imide groups is 1. The highest BCUT2D eigenvalue weighted by atomic mass is 16.2. The lowest BCUT2D eigenvalue weighted by Gasteiger charge is -2.29. The molecule has 1 unspecified atom stereocenters. The Bertz CT molecular complexity index is 996. The molecule has 9 nitrogen and oxygen atoms in total. The van der Waals surface area contributed by atoms with Gasteiger partial charge in [-0.05, 0) is 44.5 Å². The Kier molecular flexibility index (Phi) is 4.70. The minimum atomic E-state index is -0.616. The van der Waals surface area contributed by atoms with E-state index in [2.05, 4.69) is 20.9 Å². The normalized spacial score (nSPS) is 19.5. The van der Waals surface area contributed by atoms with Crippen molar-refractivity contribution in [2.45, 2.75) is 51.7 Å². The maximum absolute atomic E-state index is 13.0. The van der Waals surface area contributed by atoms with Gasteiger partial charge in [-0.15, -0.1) is 5.10 Å². The van der Waals surface area contributed by atoms with Gasteiger partial charge in [0, 0.05) is 18.5 Å². The molecule has 0 spiro atoms. The zero-order chi connectivity index (χ0) is 20.8. The van der Waals surface area contributed by atoms with Crippen LogP contribution in [0.1, 0.15) is 55.2 Å². The van der Waals surface area contributed by atoms with Crippen molar-refractivity contribution in [3.63, 3.8) is 0 Å². The molecule has 3 amide bonds. The van der Waals surface area contributed by atoms with Crippen molar-refractivity contribution in [2.24, 2.45) is 0 Å². The molecule has 1 atom stereocenters. The summed E-state index contributed by atoms with van der Waals surface area (Å²) >= 11 is 0. The number of amides is 3. The summed E-state index contributed by atoms with van der Waals surface area (Å²) in [4.78, 5) is 38.1. The van der Waals surface area contributed by atoms with E-state index in [1.54, 1.807) is 10.7 Å². The fourth-order valence-corrected chi connectivity index (χ4v) is 3.89. The average Bonchev–Trinajstić information content (AvgIpc) is 3.28. The van der Waals surface area contributed by atoms with Gasteiger partial charge in [0.2, 0.25) is 11.8 Å². The van der Waals surface area contributed by atoms with Crippen LogP contribution in [-0.4, -0.2) is 50.2 Å². The van der Waals surface area contributed by atoms with E-state index in [9.17, 15) is 14.4 Å². The highest BCUT2D eigenvalue weighted by Crippen LogP contribution is 2.29. The summed E-state index contributed by atoms with van der Waals surface area (Å²) in [5, 5.41) is 14.2. The van der Waals surface area contributed by atoms with E-state index < -0.39 is 11.9 Å². The number of nitrogens with zero attached hydrogens (tertiary/aromatic N) is 4. The number of aromatic nitrogens is 3. The van der Waals surface area contributed by atoms with Gasteiger partial charge in [0.25, 0.3) is 5.91 Å². The van der Waals surface area contributed by atoms with E-state index >= 15 is 0 Å². The molecule has 2 aromatic rings. The van der Waals surface area contributed by atoms with Gasteiger partial charge in [0.1, 0.15) is 11.7 Å². The summed E-state index contributed by atoms with van der Waals surface area (Å²) in [7, 11) is 0. The predicted molar refractivity (Wildman–Crippen MR) is 104 cm³/mol. The first-order valence-corrected chi connectivity index (χ1v) is 9.76. The number of carbonyl (C=O) groups excluding carboxylic acids is 3. The summed E-state index contributed by atoms with van der Waals surface area (Å²) in [5.41, 5.74) is 2.62. The Morgan fingerprint density at radius 3 is 2.79 bits per heavy atom. The van der Waals surface area contributed by atoms with Crippen molar-refractivity contribution in [3.05, 3.63) is 41.2 Å². The number of benzene rings is 1. The zero-order valence-corrected chi connectivity index (χ0v) is 16.7. The summed E-state index contributed by atoms with van der Waals surface area (Å²) < 4.78 is 1.65. The number of piperidine rings is 1. The van der Waals surface area contributed by atoms with Gasteiger partial charge in [-0.2, -0.15) is 0 Å². The van der Waals surface area contributed by atoms with Gasteiger partial charge in [-0.3, -0.25) is 19.7 Å². The molecule has 2 aliphatic heterocycles.